The molecule has 2 heterocycles. The molecule has 4 nitrogen and oxygen atoms in total. The van der Waals surface area contributed by atoms with E-state index in [4.69, 9.17) is 9.52 Å². The summed E-state index contributed by atoms with van der Waals surface area (Å²) in [6.07, 6.45) is 0. The van der Waals surface area contributed by atoms with Gasteiger partial charge in [-0.15, -0.1) is 11.3 Å². The number of thiophene rings is 1. The number of carbonyl (C=O) groups is 1. The number of aryl methyl sites for hydroxylation is 1. The molecule has 5 heteroatoms. The summed E-state index contributed by atoms with van der Waals surface area (Å²) in [5, 5.41) is 11.9. The van der Waals surface area contributed by atoms with Gasteiger partial charge in [0.1, 0.15) is 0 Å². The molecule has 3 rings (SSSR count). The van der Waals surface area contributed by atoms with Crippen LogP contribution in [0, 0.1) is 6.92 Å². The number of fused-ring (bicyclic) bond motifs is 1. The molecule has 0 bridgehead atoms. The number of rotatable bonds is 2. The average molecular weight is 259 g/mol. The molecule has 0 atom stereocenters. The van der Waals surface area contributed by atoms with Crippen LogP contribution in [-0.4, -0.2) is 16.1 Å². The lowest BCUT2D eigenvalue weighted by Gasteiger charge is -1.92. The lowest BCUT2D eigenvalue weighted by atomic mass is 10.2. The number of hydrogen-bond acceptors (Lipinski definition) is 4. The summed E-state index contributed by atoms with van der Waals surface area (Å²) in [6.45, 7) is 1.63. The van der Waals surface area contributed by atoms with Gasteiger partial charge in [0.15, 0.2) is 0 Å². The second kappa shape index (κ2) is 3.96. The van der Waals surface area contributed by atoms with Gasteiger partial charge in [0.05, 0.1) is 11.3 Å². The first-order valence-corrected chi connectivity index (χ1v) is 6.22. The van der Waals surface area contributed by atoms with Crippen molar-refractivity contribution in [3.63, 3.8) is 0 Å². The number of oxazole rings is 1. The summed E-state index contributed by atoms with van der Waals surface area (Å²) >= 11 is 1.58. The van der Waals surface area contributed by atoms with Gasteiger partial charge in [-0.25, -0.2) is 9.78 Å². The molecule has 0 unspecified atom stereocenters. The van der Waals surface area contributed by atoms with E-state index < -0.39 is 5.97 Å². The van der Waals surface area contributed by atoms with E-state index >= 15 is 0 Å². The molecule has 2 aromatic heterocycles. The number of nitrogens with zero attached hydrogens (tertiary/aromatic N) is 1. The van der Waals surface area contributed by atoms with Crippen molar-refractivity contribution in [1.82, 2.24) is 4.98 Å². The van der Waals surface area contributed by atoms with Gasteiger partial charge >= 0.3 is 5.97 Å². The number of aromatic nitrogens is 1. The molecule has 90 valence electrons. The standard InChI is InChI=1S/C13H9NO3S/c1-7-11(13(15)16)17-12(14-7)9-6-18-10-5-3-2-4-8(9)10/h2-6H,1H3,(H,15,16). The minimum Gasteiger partial charge on any atom is -0.475 e. The molecular formula is C13H9NO3S. The van der Waals surface area contributed by atoms with Crippen LogP contribution in [0.2, 0.25) is 0 Å². The Labute approximate surface area is 107 Å². The SMILES string of the molecule is Cc1nc(-c2csc3ccccc23)oc1C(=O)O. The summed E-state index contributed by atoms with van der Waals surface area (Å²) in [4.78, 5) is 15.1. The first-order valence-electron chi connectivity index (χ1n) is 5.34. The Balaban J connectivity index is 2.20. The van der Waals surface area contributed by atoms with Crippen molar-refractivity contribution in [3.8, 4) is 11.5 Å². The van der Waals surface area contributed by atoms with E-state index in [0.29, 0.717) is 11.6 Å². The van der Waals surface area contributed by atoms with E-state index in [1.807, 2.05) is 29.6 Å². The molecule has 1 aromatic carbocycles. The average Bonchev–Trinajstić information content (AvgIpc) is 2.92. The van der Waals surface area contributed by atoms with Gasteiger partial charge in [-0.2, -0.15) is 0 Å². The predicted molar refractivity (Wildman–Crippen MR) is 69.0 cm³/mol. The maximum atomic E-state index is 10.9. The molecule has 0 spiro atoms. The number of hydrogen-bond donors (Lipinski definition) is 1. The van der Waals surface area contributed by atoms with Gasteiger partial charge < -0.3 is 9.52 Å². The second-order valence-electron chi connectivity index (χ2n) is 3.88. The first-order chi connectivity index (χ1) is 8.66. The molecule has 0 aliphatic rings. The normalized spacial score (nSPS) is 10.9. The van der Waals surface area contributed by atoms with Gasteiger partial charge in [0.2, 0.25) is 11.7 Å². The lowest BCUT2D eigenvalue weighted by Crippen LogP contribution is -1.95. The van der Waals surface area contributed by atoms with Crippen LogP contribution in [0.15, 0.2) is 34.1 Å². The van der Waals surface area contributed by atoms with E-state index in [0.717, 1.165) is 15.6 Å². The highest BCUT2D eigenvalue weighted by atomic mass is 32.1. The van der Waals surface area contributed by atoms with E-state index in [1.54, 1.807) is 18.3 Å². The molecule has 0 saturated carbocycles. The zero-order valence-electron chi connectivity index (χ0n) is 9.51. The van der Waals surface area contributed by atoms with Crippen molar-refractivity contribution in [2.45, 2.75) is 6.92 Å². The Morgan fingerprint density at radius 2 is 2.17 bits per heavy atom. The number of aromatic carboxylic acids is 1. The van der Waals surface area contributed by atoms with Crippen LogP contribution in [0.1, 0.15) is 16.2 Å². The summed E-state index contributed by atoms with van der Waals surface area (Å²) < 4.78 is 6.45. The molecule has 18 heavy (non-hydrogen) atoms. The topological polar surface area (TPSA) is 63.3 Å². The highest BCUT2D eigenvalue weighted by Crippen LogP contribution is 2.34. The third-order valence-corrected chi connectivity index (χ3v) is 3.67. The van der Waals surface area contributed by atoms with Gasteiger partial charge in [-0.3, -0.25) is 0 Å². The maximum absolute atomic E-state index is 10.9. The number of carboxylic acid groups (broad SMARTS) is 1. The Morgan fingerprint density at radius 3 is 2.89 bits per heavy atom. The maximum Gasteiger partial charge on any atom is 0.373 e. The Morgan fingerprint density at radius 1 is 1.39 bits per heavy atom. The number of benzene rings is 1. The van der Waals surface area contributed by atoms with Gasteiger partial charge in [-0.1, -0.05) is 18.2 Å². The minimum absolute atomic E-state index is 0.0970. The van der Waals surface area contributed by atoms with Crippen molar-refractivity contribution in [1.29, 1.82) is 0 Å². The van der Waals surface area contributed by atoms with Crippen LogP contribution in [-0.2, 0) is 0 Å². The zero-order valence-corrected chi connectivity index (χ0v) is 10.3. The largest absolute Gasteiger partial charge is 0.475 e. The molecule has 0 fully saturated rings. The van der Waals surface area contributed by atoms with Gasteiger partial charge in [0, 0.05) is 15.5 Å². The Kier molecular flexibility index (Phi) is 2.41. The molecule has 3 aromatic rings. The predicted octanol–water partition coefficient (Wildman–Crippen LogP) is 3.56. The fraction of sp³-hybridized carbons (Fsp3) is 0.0769. The van der Waals surface area contributed by atoms with Crippen molar-refractivity contribution in [2.75, 3.05) is 0 Å². The summed E-state index contributed by atoms with van der Waals surface area (Å²) in [7, 11) is 0. The van der Waals surface area contributed by atoms with Crippen LogP contribution in [0.4, 0.5) is 0 Å². The van der Waals surface area contributed by atoms with Crippen molar-refractivity contribution in [3.05, 3.63) is 41.1 Å². The molecule has 0 radical (unpaired) electrons. The van der Waals surface area contributed by atoms with E-state index in [9.17, 15) is 4.79 Å². The number of carboxylic acids is 1. The highest BCUT2D eigenvalue weighted by molar-refractivity contribution is 7.17. The fourth-order valence-corrected chi connectivity index (χ4v) is 2.79. The van der Waals surface area contributed by atoms with Crippen molar-refractivity contribution in [2.24, 2.45) is 0 Å². The van der Waals surface area contributed by atoms with Crippen LogP contribution in [0.25, 0.3) is 21.5 Å². The Bertz CT molecular complexity index is 742. The third-order valence-electron chi connectivity index (χ3n) is 2.70. The van der Waals surface area contributed by atoms with E-state index in [2.05, 4.69) is 4.98 Å². The lowest BCUT2D eigenvalue weighted by molar-refractivity contribution is 0.0662. The molecule has 0 saturated heterocycles. The monoisotopic (exact) mass is 259 g/mol. The van der Waals surface area contributed by atoms with Crippen molar-refractivity contribution >= 4 is 27.4 Å². The fourth-order valence-electron chi connectivity index (χ4n) is 1.85. The van der Waals surface area contributed by atoms with E-state index in [-0.39, 0.29) is 5.76 Å². The smallest absolute Gasteiger partial charge is 0.373 e. The van der Waals surface area contributed by atoms with E-state index in [1.165, 1.54) is 0 Å². The highest BCUT2D eigenvalue weighted by Gasteiger charge is 2.19. The molecule has 0 aliphatic carbocycles. The van der Waals surface area contributed by atoms with Crippen LogP contribution in [0.5, 0.6) is 0 Å². The van der Waals surface area contributed by atoms with Gasteiger partial charge in [0.25, 0.3) is 0 Å². The summed E-state index contributed by atoms with van der Waals surface area (Å²) in [5.41, 5.74) is 1.24. The molecule has 0 amide bonds. The van der Waals surface area contributed by atoms with Crippen LogP contribution in [0.3, 0.4) is 0 Å². The molecular weight excluding hydrogens is 250 g/mol. The summed E-state index contributed by atoms with van der Waals surface area (Å²) in [5.74, 6) is -0.826. The molecule has 1 N–H and O–H groups in total. The second-order valence-corrected chi connectivity index (χ2v) is 4.80. The summed E-state index contributed by atoms with van der Waals surface area (Å²) in [6, 6.07) is 7.89. The zero-order chi connectivity index (χ0) is 12.7. The van der Waals surface area contributed by atoms with Crippen LogP contribution >= 0.6 is 11.3 Å². The third kappa shape index (κ3) is 1.60. The quantitative estimate of drug-likeness (QED) is 0.764. The minimum atomic E-state index is -1.09. The Hall–Kier alpha value is -2.14. The first kappa shape index (κ1) is 11.0. The molecule has 0 aliphatic heterocycles. The van der Waals surface area contributed by atoms with Gasteiger partial charge in [-0.05, 0) is 13.0 Å². The van der Waals surface area contributed by atoms with Crippen molar-refractivity contribution < 1.29 is 14.3 Å². The van der Waals surface area contributed by atoms with Crippen LogP contribution < -0.4 is 0 Å².